The minimum absolute atomic E-state index is 0.0398. The van der Waals surface area contributed by atoms with Crippen LogP contribution in [-0.4, -0.2) is 0 Å². The van der Waals surface area contributed by atoms with Gasteiger partial charge in [-0.15, -0.1) is 0 Å². The lowest BCUT2D eigenvalue weighted by Crippen LogP contribution is -2.16. The van der Waals surface area contributed by atoms with Crippen LogP contribution in [0.25, 0.3) is 0 Å². The van der Waals surface area contributed by atoms with Gasteiger partial charge in [0.1, 0.15) is 0 Å². The molecule has 0 fully saturated rings. The van der Waals surface area contributed by atoms with Gasteiger partial charge in [-0.2, -0.15) is 0 Å². The van der Waals surface area contributed by atoms with Crippen LogP contribution in [-0.2, 0) is 4.32 Å². The molecule has 0 aromatic heterocycles. The van der Waals surface area contributed by atoms with Gasteiger partial charge in [0.15, 0.2) is 0 Å². The summed E-state index contributed by atoms with van der Waals surface area (Å²) < 4.78 is 1.18. The molecule has 0 spiro atoms. The van der Waals surface area contributed by atoms with Crippen LogP contribution in [0.4, 0.5) is 0 Å². The van der Waals surface area contributed by atoms with Crippen molar-refractivity contribution in [3.05, 3.63) is 58.6 Å². The molecule has 2 heteroatoms. The van der Waals surface area contributed by atoms with E-state index in [2.05, 4.69) is 74.4 Å². The quantitative estimate of drug-likeness (QED) is 0.669. The lowest BCUT2D eigenvalue weighted by molar-refractivity contribution is 0.791. The van der Waals surface area contributed by atoms with E-state index in [9.17, 15) is 0 Å². The van der Waals surface area contributed by atoms with E-state index in [-0.39, 0.29) is 4.32 Å². The molecule has 0 radical (unpaired) electrons. The molecule has 1 aromatic rings. The van der Waals surface area contributed by atoms with E-state index in [0.717, 1.165) is 6.42 Å². The average Bonchev–Trinajstić information content (AvgIpc) is 2.19. The highest BCUT2D eigenvalue weighted by Gasteiger charge is 2.27. The molecule has 1 unspecified atom stereocenters. The zero-order valence-corrected chi connectivity index (χ0v) is 10.8. The highest BCUT2D eigenvalue weighted by molar-refractivity contribution is 9.12. The minimum Gasteiger partial charge on any atom is -0.0751 e. The number of alkyl halides is 1. The fourth-order valence-electron chi connectivity index (χ4n) is 1.58. The van der Waals surface area contributed by atoms with E-state index < -0.39 is 0 Å². The van der Waals surface area contributed by atoms with Crippen LogP contribution < -0.4 is 0 Å². The first-order chi connectivity index (χ1) is 6.71. The molecule has 2 rings (SSSR count). The Morgan fingerprint density at radius 2 is 1.86 bits per heavy atom. The molecule has 1 aliphatic rings. The predicted molar refractivity (Wildman–Crippen MR) is 67.8 cm³/mol. The Bertz CT molecular complexity index is 379. The summed E-state index contributed by atoms with van der Waals surface area (Å²) in [7, 11) is 0. The van der Waals surface area contributed by atoms with E-state index in [0.29, 0.717) is 0 Å². The Kier molecular flexibility index (Phi) is 2.93. The largest absolute Gasteiger partial charge is 0.0751 e. The van der Waals surface area contributed by atoms with Gasteiger partial charge in [0.2, 0.25) is 0 Å². The van der Waals surface area contributed by atoms with Crippen molar-refractivity contribution in [2.75, 3.05) is 0 Å². The zero-order chi connectivity index (χ0) is 10.0. The Morgan fingerprint density at radius 1 is 1.14 bits per heavy atom. The number of benzene rings is 1. The molecule has 0 amide bonds. The third kappa shape index (κ3) is 2.01. The predicted octanol–water partition coefficient (Wildman–Crippen LogP) is 4.52. The van der Waals surface area contributed by atoms with E-state index >= 15 is 0 Å². The third-order valence-corrected chi connectivity index (χ3v) is 3.86. The van der Waals surface area contributed by atoms with Crippen molar-refractivity contribution in [3.63, 3.8) is 0 Å². The normalized spacial score (nSPS) is 26.0. The van der Waals surface area contributed by atoms with Crippen LogP contribution in [0.15, 0.2) is 53.0 Å². The van der Waals surface area contributed by atoms with Crippen LogP contribution in [0.5, 0.6) is 0 Å². The lowest BCUT2D eigenvalue weighted by Gasteiger charge is -2.26. The summed E-state index contributed by atoms with van der Waals surface area (Å²) in [6.45, 7) is 0. The smallest absolute Gasteiger partial charge is 0.0733 e. The summed E-state index contributed by atoms with van der Waals surface area (Å²) in [5.74, 6) is 0. The summed E-state index contributed by atoms with van der Waals surface area (Å²) in [6, 6.07) is 10.5. The monoisotopic (exact) mass is 312 g/mol. The van der Waals surface area contributed by atoms with Crippen molar-refractivity contribution in [2.24, 2.45) is 0 Å². The molecule has 0 saturated heterocycles. The van der Waals surface area contributed by atoms with Gasteiger partial charge in [-0.3, -0.25) is 0 Å². The number of hydrogen-bond acceptors (Lipinski definition) is 0. The van der Waals surface area contributed by atoms with Gasteiger partial charge in [0.25, 0.3) is 0 Å². The summed E-state index contributed by atoms with van der Waals surface area (Å²) in [6.07, 6.45) is 7.32. The second-order valence-corrected chi connectivity index (χ2v) is 5.81. The first-order valence-corrected chi connectivity index (χ1v) is 6.08. The van der Waals surface area contributed by atoms with Gasteiger partial charge in [-0.1, -0.05) is 80.4 Å². The average molecular weight is 314 g/mol. The van der Waals surface area contributed by atoms with Crippen LogP contribution >= 0.6 is 31.9 Å². The van der Waals surface area contributed by atoms with Crippen molar-refractivity contribution in [1.29, 1.82) is 0 Å². The number of rotatable bonds is 1. The van der Waals surface area contributed by atoms with Crippen LogP contribution in [0.1, 0.15) is 12.0 Å². The first kappa shape index (κ1) is 10.2. The summed E-state index contributed by atoms with van der Waals surface area (Å²) in [4.78, 5) is 0. The molecule has 1 aliphatic carbocycles. The maximum atomic E-state index is 3.79. The SMILES string of the molecule is BrC1=CC=CC(Br)(c2ccccc2)C1. The summed E-state index contributed by atoms with van der Waals surface area (Å²) in [5, 5.41) is 0. The van der Waals surface area contributed by atoms with Gasteiger partial charge in [-0.05, 0) is 10.0 Å². The zero-order valence-electron chi connectivity index (χ0n) is 7.58. The van der Waals surface area contributed by atoms with E-state index in [1.165, 1.54) is 10.0 Å². The molecule has 0 saturated carbocycles. The van der Waals surface area contributed by atoms with Crippen molar-refractivity contribution in [3.8, 4) is 0 Å². The molecule has 1 aromatic carbocycles. The van der Waals surface area contributed by atoms with Crippen LogP contribution in [0.2, 0.25) is 0 Å². The highest BCUT2D eigenvalue weighted by Crippen LogP contribution is 2.42. The second-order valence-electron chi connectivity index (χ2n) is 3.38. The fraction of sp³-hybridized carbons (Fsp3) is 0.167. The third-order valence-electron chi connectivity index (χ3n) is 2.32. The van der Waals surface area contributed by atoms with Crippen molar-refractivity contribution in [1.82, 2.24) is 0 Å². The molecule has 0 heterocycles. The van der Waals surface area contributed by atoms with E-state index in [4.69, 9.17) is 0 Å². The molecule has 0 nitrogen and oxygen atoms in total. The number of allylic oxidation sites excluding steroid dienone is 4. The Morgan fingerprint density at radius 3 is 2.50 bits per heavy atom. The van der Waals surface area contributed by atoms with E-state index in [1.807, 2.05) is 6.07 Å². The van der Waals surface area contributed by atoms with Crippen LogP contribution in [0.3, 0.4) is 0 Å². The topological polar surface area (TPSA) is 0 Å². The number of halogens is 2. The maximum Gasteiger partial charge on any atom is 0.0733 e. The molecule has 0 aliphatic heterocycles. The molecule has 14 heavy (non-hydrogen) atoms. The highest BCUT2D eigenvalue weighted by atomic mass is 79.9. The van der Waals surface area contributed by atoms with Gasteiger partial charge < -0.3 is 0 Å². The van der Waals surface area contributed by atoms with Gasteiger partial charge in [0.05, 0.1) is 4.32 Å². The Hall–Kier alpha value is -0.340. The molecule has 1 atom stereocenters. The molecule has 0 N–H and O–H groups in total. The molecular formula is C12H10Br2. The first-order valence-electron chi connectivity index (χ1n) is 4.49. The maximum absolute atomic E-state index is 3.79. The Balaban J connectivity index is 2.35. The molecule has 72 valence electrons. The lowest BCUT2D eigenvalue weighted by atomic mass is 9.92. The summed E-state index contributed by atoms with van der Waals surface area (Å²) in [5.41, 5.74) is 1.29. The fourth-order valence-corrected chi connectivity index (χ4v) is 3.27. The van der Waals surface area contributed by atoms with Crippen LogP contribution in [0, 0.1) is 0 Å². The molecular weight excluding hydrogens is 304 g/mol. The van der Waals surface area contributed by atoms with Crippen molar-refractivity contribution >= 4 is 31.9 Å². The standard InChI is InChI=1S/C12H10Br2/c13-11-7-4-8-12(14,9-11)10-5-2-1-3-6-10/h1-8H,9H2. The summed E-state index contributed by atoms with van der Waals surface area (Å²) >= 11 is 7.33. The van der Waals surface area contributed by atoms with Gasteiger partial charge in [-0.25, -0.2) is 0 Å². The van der Waals surface area contributed by atoms with Gasteiger partial charge >= 0.3 is 0 Å². The Labute approximate surface area is 101 Å². The van der Waals surface area contributed by atoms with Gasteiger partial charge in [0, 0.05) is 6.42 Å². The minimum atomic E-state index is -0.0398. The number of hydrogen-bond donors (Lipinski definition) is 0. The van der Waals surface area contributed by atoms with E-state index in [1.54, 1.807) is 0 Å². The second kappa shape index (κ2) is 4.03. The van der Waals surface area contributed by atoms with Crippen molar-refractivity contribution in [2.45, 2.75) is 10.7 Å². The molecule has 0 bridgehead atoms. The van der Waals surface area contributed by atoms with Crippen molar-refractivity contribution < 1.29 is 0 Å².